The number of hydrogen-bond acceptors (Lipinski definition) is 5. The highest BCUT2D eigenvalue weighted by molar-refractivity contribution is 7.82. The minimum absolute atomic E-state index is 0.415. The van der Waals surface area contributed by atoms with Gasteiger partial charge in [0.1, 0.15) is 11.4 Å². The average Bonchev–Trinajstić information content (AvgIpc) is 2.44. The van der Waals surface area contributed by atoms with Crippen molar-refractivity contribution in [2.75, 3.05) is 18.0 Å². The molecule has 0 fully saturated rings. The topological polar surface area (TPSA) is 93.9 Å². The largest absolute Gasteiger partial charge is 0.495 e. The number of methoxy groups -OCH3 is 1. The Kier molecular flexibility index (Phi) is 6.56. The van der Waals surface area contributed by atoms with Crippen molar-refractivity contribution in [2.45, 2.75) is 32.8 Å². The van der Waals surface area contributed by atoms with Gasteiger partial charge in [0.25, 0.3) is 0 Å². The van der Waals surface area contributed by atoms with Crippen LogP contribution in [0.4, 0.5) is 15.3 Å². The molecule has 0 aliphatic heterocycles. The first-order chi connectivity index (χ1) is 10.6. The second-order valence-electron chi connectivity index (χ2n) is 5.83. The number of amides is 3. The Labute approximate surface area is 141 Å². The molecule has 0 saturated carbocycles. The van der Waals surface area contributed by atoms with E-state index in [9.17, 15) is 9.59 Å². The summed E-state index contributed by atoms with van der Waals surface area (Å²) in [7, 11) is 1.49. The number of nitrogens with one attached hydrogen (secondary N) is 1. The normalized spacial score (nSPS) is 10.8. The van der Waals surface area contributed by atoms with E-state index in [-0.39, 0.29) is 0 Å². The number of nitrogens with zero attached hydrogens (tertiary/aromatic N) is 1. The maximum atomic E-state index is 11.6. The van der Waals surface area contributed by atoms with Crippen LogP contribution in [0, 0.1) is 0 Å². The van der Waals surface area contributed by atoms with Gasteiger partial charge >= 0.3 is 12.1 Å². The van der Waals surface area contributed by atoms with Crippen LogP contribution in [0.2, 0.25) is 0 Å². The minimum atomic E-state index is -0.703. The van der Waals surface area contributed by atoms with Gasteiger partial charge in [0, 0.05) is 6.54 Å². The molecule has 0 saturated heterocycles. The van der Waals surface area contributed by atoms with Crippen LogP contribution in [0.5, 0.6) is 5.75 Å². The number of urea groups is 1. The summed E-state index contributed by atoms with van der Waals surface area (Å²) in [6, 6.07) is 4.55. The van der Waals surface area contributed by atoms with E-state index in [1.807, 2.05) is 0 Å². The van der Waals surface area contributed by atoms with Gasteiger partial charge in [-0.15, -0.1) is 0 Å². The molecule has 3 amide bonds. The predicted molar refractivity (Wildman–Crippen MR) is 92.0 cm³/mol. The van der Waals surface area contributed by atoms with E-state index in [4.69, 9.17) is 15.2 Å². The van der Waals surface area contributed by atoms with E-state index in [1.165, 1.54) is 7.11 Å². The van der Waals surface area contributed by atoms with Crippen LogP contribution in [0.3, 0.4) is 0 Å². The highest BCUT2D eigenvalue weighted by atomic mass is 32.1. The molecule has 7 nitrogen and oxygen atoms in total. The maximum absolute atomic E-state index is 11.6. The molecular formula is C15H23N3O4S. The Morgan fingerprint density at radius 1 is 1.35 bits per heavy atom. The van der Waals surface area contributed by atoms with Crippen LogP contribution in [0.15, 0.2) is 18.2 Å². The number of hydrogen-bond donors (Lipinski definition) is 3. The number of carbonyl (C=O) groups is 2. The summed E-state index contributed by atoms with van der Waals surface area (Å²) in [6.45, 7) is 5.83. The van der Waals surface area contributed by atoms with Gasteiger partial charge in [0.2, 0.25) is 0 Å². The van der Waals surface area contributed by atoms with Gasteiger partial charge in [-0.2, -0.15) is 0 Å². The number of primary amides is 1. The third-order valence-electron chi connectivity index (χ3n) is 2.76. The number of nitrogens with two attached hydrogens (primary N) is 1. The Hall–Kier alpha value is -2.09. The molecule has 1 aromatic rings. The molecule has 0 aromatic heterocycles. The first-order valence-electron chi connectivity index (χ1n) is 7.06. The van der Waals surface area contributed by atoms with Crippen LogP contribution < -0.4 is 20.1 Å². The second-order valence-corrected chi connectivity index (χ2v) is 6.23. The quantitative estimate of drug-likeness (QED) is 0.717. The van der Waals surface area contributed by atoms with Crippen LogP contribution in [-0.2, 0) is 11.2 Å². The fraction of sp³-hybridized carbons (Fsp3) is 0.467. The van der Waals surface area contributed by atoms with E-state index in [0.717, 1.165) is 9.87 Å². The Bertz CT molecular complexity index is 572. The second kappa shape index (κ2) is 7.96. The van der Waals surface area contributed by atoms with Crippen molar-refractivity contribution in [3.8, 4) is 5.75 Å². The number of carbonyl (C=O) groups excluding carboxylic acids is 2. The van der Waals surface area contributed by atoms with E-state index in [2.05, 4.69) is 18.1 Å². The average molecular weight is 341 g/mol. The molecule has 3 N–H and O–H groups in total. The van der Waals surface area contributed by atoms with E-state index in [1.54, 1.807) is 39.0 Å². The lowest BCUT2D eigenvalue weighted by atomic mass is 10.1. The smallest absolute Gasteiger partial charge is 0.407 e. The van der Waals surface area contributed by atoms with Gasteiger partial charge in [-0.05, 0) is 44.9 Å². The van der Waals surface area contributed by atoms with Crippen molar-refractivity contribution in [3.63, 3.8) is 0 Å². The standard InChI is InChI=1S/C15H23N3O4S/c1-15(2,3)22-14(20)17-8-7-10-5-6-11(12(9-10)21-4)18(23)13(16)19/h5-6,9,23H,7-8H2,1-4H3,(H2,16,19)(H,17,20). The molecule has 23 heavy (non-hydrogen) atoms. The zero-order chi connectivity index (χ0) is 17.6. The molecule has 0 heterocycles. The first-order valence-corrected chi connectivity index (χ1v) is 7.46. The van der Waals surface area contributed by atoms with Gasteiger partial charge in [-0.25, -0.2) is 13.9 Å². The third kappa shape index (κ3) is 6.27. The van der Waals surface area contributed by atoms with Crippen LogP contribution in [0.25, 0.3) is 0 Å². The molecule has 128 valence electrons. The zero-order valence-electron chi connectivity index (χ0n) is 13.8. The predicted octanol–water partition coefficient (Wildman–Crippen LogP) is 2.49. The molecule has 0 bridgehead atoms. The summed E-state index contributed by atoms with van der Waals surface area (Å²) in [5.41, 5.74) is 6.03. The third-order valence-corrected chi connectivity index (χ3v) is 3.18. The first kappa shape index (κ1) is 19.0. The minimum Gasteiger partial charge on any atom is -0.495 e. The summed E-state index contributed by atoms with van der Waals surface area (Å²) < 4.78 is 11.4. The van der Waals surface area contributed by atoms with Crippen molar-refractivity contribution in [1.82, 2.24) is 5.32 Å². The zero-order valence-corrected chi connectivity index (χ0v) is 14.6. The van der Waals surface area contributed by atoms with Crippen LogP contribution in [0.1, 0.15) is 26.3 Å². The number of anilines is 1. The summed E-state index contributed by atoms with van der Waals surface area (Å²) in [4.78, 5) is 22.7. The van der Waals surface area contributed by atoms with Crippen molar-refractivity contribution < 1.29 is 19.1 Å². The lowest BCUT2D eigenvalue weighted by molar-refractivity contribution is 0.0528. The number of benzene rings is 1. The van der Waals surface area contributed by atoms with Crippen molar-refractivity contribution in [1.29, 1.82) is 0 Å². The highest BCUT2D eigenvalue weighted by Gasteiger charge is 2.16. The van der Waals surface area contributed by atoms with Gasteiger partial charge in [-0.3, -0.25) is 0 Å². The van der Waals surface area contributed by atoms with Crippen molar-refractivity contribution in [2.24, 2.45) is 5.73 Å². The summed E-state index contributed by atoms with van der Waals surface area (Å²) >= 11 is 4.01. The number of thiol groups is 1. The molecule has 0 unspecified atom stereocenters. The molecule has 1 rings (SSSR count). The molecule has 1 aromatic carbocycles. The Morgan fingerprint density at radius 3 is 2.52 bits per heavy atom. The fourth-order valence-electron chi connectivity index (χ4n) is 1.79. The summed E-state index contributed by atoms with van der Waals surface area (Å²) in [6.07, 6.45) is 0.121. The van der Waals surface area contributed by atoms with Crippen molar-refractivity contribution in [3.05, 3.63) is 23.8 Å². The van der Waals surface area contributed by atoms with E-state index >= 15 is 0 Å². The van der Waals surface area contributed by atoms with Gasteiger partial charge in [0.05, 0.1) is 12.8 Å². The molecule has 0 atom stereocenters. The monoisotopic (exact) mass is 341 g/mol. The van der Waals surface area contributed by atoms with E-state index < -0.39 is 17.7 Å². The highest BCUT2D eigenvalue weighted by Crippen LogP contribution is 2.30. The Balaban J connectivity index is 2.65. The molecule has 0 aliphatic rings. The maximum Gasteiger partial charge on any atom is 0.407 e. The lowest BCUT2D eigenvalue weighted by Crippen LogP contribution is -2.33. The molecule has 0 aliphatic carbocycles. The van der Waals surface area contributed by atoms with Gasteiger partial charge < -0.3 is 20.5 Å². The lowest BCUT2D eigenvalue weighted by Gasteiger charge is -2.20. The van der Waals surface area contributed by atoms with Gasteiger partial charge in [0.15, 0.2) is 0 Å². The number of rotatable bonds is 5. The molecule has 0 spiro atoms. The van der Waals surface area contributed by atoms with Crippen LogP contribution >= 0.6 is 12.8 Å². The van der Waals surface area contributed by atoms with Crippen LogP contribution in [-0.4, -0.2) is 31.4 Å². The molecule has 8 heteroatoms. The molecule has 0 radical (unpaired) electrons. The summed E-state index contributed by atoms with van der Waals surface area (Å²) in [5, 5.41) is 2.68. The van der Waals surface area contributed by atoms with Crippen molar-refractivity contribution >= 4 is 30.6 Å². The molecular weight excluding hydrogens is 318 g/mol. The van der Waals surface area contributed by atoms with E-state index in [0.29, 0.717) is 24.4 Å². The SMILES string of the molecule is COc1cc(CCNC(=O)OC(C)(C)C)ccc1N(S)C(N)=O. The number of alkyl carbamates (subject to hydrolysis) is 1. The summed E-state index contributed by atoms with van der Waals surface area (Å²) in [5.74, 6) is 0.466. The van der Waals surface area contributed by atoms with Gasteiger partial charge in [-0.1, -0.05) is 18.9 Å². The Morgan fingerprint density at radius 2 is 2.00 bits per heavy atom. The number of ether oxygens (including phenoxy) is 2. The fourth-order valence-corrected chi connectivity index (χ4v) is 1.96.